The van der Waals surface area contributed by atoms with Crippen molar-refractivity contribution < 1.29 is 14.2 Å². The molecule has 0 aliphatic carbocycles. The number of nitrogens with one attached hydrogen (secondary N) is 1. The van der Waals surface area contributed by atoms with Crippen molar-refractivity contribution in [3.05, 3.63) is 53.5 Å². The number of phenols is 1. The van der Waals surface area contributed by atoms with E-state index in [1.165, 1.54) is 18.2 Å². The summed E-state index contributed by atoms with van der Waals surface area (Å²) in [6, 6.07) is 9.70. The fourth-order valence-electron chi connectivity index (χ4n) is 2.54. The maximum absolute atomic E-state index is 13.2. The SMILES string of the molecule is Oc1ccc(F)cc1CNc1cccc(CN2CCOCC2)n1. The lowest BCUT2D eigenvalue weighted by Crippen LogP contribution is -2.35. The summed E-state index contributed by atoms with van der Waals surface area (Å²) in [5.41, 5.74) is 1.48. The van der Waals surface area contributed by atoms with Gasteiger partial charge in [-0.25, -0.2) is 9.37 Å². The van der Waals surface area contributed by atoms with Crippen molar-refractivity contribution in [2.24, 2.45) is 0 Å². The molecule has 0 bridgehead atoms. The Kier molecular flexibility index (Phi) is 5.05. The molecule has 0 atom stereocenters. The predicted octanol–water partition coefficient (Wildman–Crippen LogP) is 2.37. The second-order valence-electron chi connectivity index (χ2n) is 5.53. The average molecular weight is 317 g/mol. The molecule has 1 saturated heterocycles. The van der Waals surface area contributed by atoms with Gasteiger partial charge in [-0.1, -0.05) is 6.07 Å². The number of hydrogen-bond donors (Lipinski definition) is 2. The summed E-state index contributed by atoms with van der Waals surface area (Å²) in [6.45, 7) is 4.45. The second kappa shape index (κ2) is 7.39. The third-order valence-electron chi connectivity index (χ3n) is 3.80. The molecule has 1 aromatic carbocycles. The molecule has 2 heterocycles. The van der Waals surface area contributed by atoms with Crippen LogP contribution in [0.5, 0.6) is 5.75 Å². The van der Waals surface area contributed by atoms with E-state index in [1.54, 1.807) is 0 Å². The van der Waals surface area contributed by atoms with Crippen LogP contribution in [0.2, 0.25) is 0 Å². The lowest BCUT2D eigenvalue weighted by Gasteiger charge is -2.26. The molecular formula is C17H20FN3O2. The van der Waals surface area contributed by atoms with Crippen LogP contribution < -0.4 is 5.32 Å². The quantitative estimate of drug-likeness (QED) is 0.887. The molecule has 0 spiro atoms. The molecule has 3 rings (SSSR count). The number of benzene rings is 1. The number of aromatic nitrogens is 1. The third kappa shape index (κ3) is 4.40. The summed E-state index contributed by atoms with van der Waals surface area (Å²) in [5.74, 6) is 0.413. The van der Waals surface area contributed by atoms with E-state index in [0.29, 0.717) is 17.9 Å². The van der Waals surface area contributed by atoms with Gasteiger partial charge in [-0.15, -0.1) is 0 Å². The first kappa shape index (κ1) is 15.7. The molecule has 6 heteroatoms. The highest BCUT2D eigenvalue weighted by atomic mass is 19.1. The molecule has 2 N–H and O–H groups in total. The van der Waals surface area contributed by atoms with Gasteiger partial charge < -0.3 is 15.2 Å². The minimum atomic E-state index is -0.367. The molecule has 1 aliphatic rings. The molecular weight excluding hydrogens is 297 g/mol. The zero-order valence-electron chi connectivity index (χ0n) is 12.8. The Morgan fingerprint density at radius 2 is 2.04 bits per heavy atom. The van der Waals surface area contributed by atoms with Crippen molar-refractivity contribution in [3.8, 4) is 5.75 Å². The van der Waals surface area contributed by atoms with Crippen LogP contribution >= 0.6 is 0 Å². The number of ether oxygens (including phenoxy) is 1. The number of phenolic OH excluding ortho intramolecular Hbond substituents is 1. The van der Waals surface area contributed by atoms with Gasteiger partial charge >= 0.3 is 0 Å². The fraction of sp³-hybridized carbons (Fsp3) is 0.353. The highest BCUT2D eigenvalue weighted by Gasteiger charge is 2.11. The summed E-state index contributed by atoms with van der Waals surface area (Å²) in [5, 5.41) is 12.9. The van der Waals surface area contributed by atoms with Crippen molar-refractivity contribution in [1.29, 1.82) is 0 Å². The highest BCUT2D eigenvalue weighted by Crippen LogP contribution is 2.19. The maximum Gasteiger partial charge on any atom is 0.126 e. The molecule has 122 valence electrons. The molecule has 0 saturated carbocycles. The molecule has 2 aromatic rings. The number of halogens is 1. The van der Waals surface area contributed by atoms with Crippen LogP contribution in [0.1, 0.15) is 11.3 Å². The number of rotatable bonds is 5. The van der Waals surface area contributed by atoms with Crippen molar-refractivity contribution >= 4 is 5.82 Å². The lowest BCUT2D eigenvalue weighted by molar-refractivity contribution is 0.0337. The van der Waals surface area contributed by atoms with Crippen LogP contribution in [0.25, 0.3) is 0 Å². The molecule has 0 unspecified atom stereocenters. The van der Waals surface area contributed by atoms with E-state index < -0.39 is 0 Å². The van der Waals surface area contributed by atoms with E-state index in [2.05, 4.69) is 15.2 Å². The summed E-state index contributed by atoms with van der Waals surface area (Å²) >= 11 is 0. The zero-order valence-corrected chi connectivity index (χ0v) is 12.8. The molecule has 5 nitrogen and oxygen atoms in total. The molecule has 1 fully saturated rings. The Morgan fingerprint density at radius 3 is 2.87 bits per heavy atom. The first-order valence-corrected chi connectivity index (χ1v) is 7.68. The van der Waals surface area contributed by atoms with Crippen LogP contribution in [-0.4, -0.2) is 41.3 Å². The first-order chi connectivity index (χ1) is 11.2. The number of pyridine rings is 1. The van der Waals surface area contributed by atoms with Crippen LogP contribution in [-0.2, 0) is 17.8 Å². The topological polar surface area (TPSA) is 57.6 Å². The Bertz CT molecular complexity index is 660. The summed E-state index contributed by atoms with van der Waals surface area (Å²) in [4.78, 5) is 6.86. The van der Waals surface area contributed by atoms with Gasteiger partial charge in [0.15, 0.2) is 0 Å². The number of nitrogens with zero attached hydrogens (tertiary/aromatic N) is 2. The second-order valence-corrected chi connectivity index (χ2v) is 5.53. The molecule has 1 aliphatic heterocycles. The summed E-state index contributed by atoms with van der Waals surface area (Å²) < 4.78 is 18.6. The smallest absolute Gasteiger partial charge is 0.126 e. The number of aromatic hydroxyl groups is 1. The number of anilines is 1. The van der Waals surface area contributed by atoms with E-state index in [0.717, 1.165) is 38.5 Å². The van der Waals surface area contributed by atoms with E-state index >= 15 is 0 Å². The number of morpholine rings is 1. The van der Waals surface area contributed by atoms with E-state index in [9.17, 15) is 9.50 Å². The fourth-order valence-corrected chi connectivity index (χ4v) is 2.54. The van der Waals surface area contributed by atoms with Gasteiger partial charge in [0.05, 0.1) is 18.9 Å². The van der Waals surface area contributed by atoms with Crippen LogP contribution in [0.3, 0.4) is 0 Å². The lowest BCUT2D eigenvalue weighted by atomic mass is 10.2. The molecule has 1 aromatic heterocycles. The van der Waals surface area contributed by atoms with Crippen molar-refractivity contribution in [2.45, 2.75) is 13.1 Å². The minimum Gasteiger partial charge on any atom is -0.508 e. The maximum atomic E-state index is 13.2. The van der Waals surface area contributed by atoms with Gasteiger partial charge in [-0.2, -0.15) is 0 Å². The van der Waals surface area contributed by atoms with Crippen LogP contribution in [0.4, 0.5) is 10.2 Å². The Labute approximate surface area is 134 Å². The van der Waals surface area contributed by atoms with Crippen molar-refractivity contribution in [2.75, 3.05) is 31.6 Å². The first-order valence-electron chi connectivity index (χ1n) is 7.68. The van der Waals surface area contributed by atoms with Gasteiger partial charge in [-0.3, -0.25) is 4.90 Å². The van der Waals surface area contributed by atoms with Crippen LogP contribution in [0.15, 0.2) is 36.4 Å². The molecule has 23 heavy (non-hydrogen) atoms. The largest absolute Gasteiger partial charge is 0.508 e. The van der Waals surface area contributed by atoms with Crippen molar-refractivity contribution in [3.63, 3.8) is 0 Å². The molecule has 0 radical (unpaired) electrons. The van der Waals surface area contributed by atoms with Gasteiger partial charge in [0.25, 0.3) is 0 Å². The van der Waals surface area contributed by atoms with E-state index in [4.69, 9.17) is 4.74 Å². The predicted molar refractivity (Wildman–Crippen MR) is 85.7 cm³/mol. The van der Waals surface area contributed by atoms with Crippen LogP contribution in [0, 0.1) is 5.82 Å². The molecule has 0 amide bonds. The monoisotopic (exact) mass is 317 g/mol. The standard InChI is InChI=1S/C17H20FN3O2/c18-14-4-5-16(22)13(10-14)11-19-17-3-1-2-15(20-17)12-21-6-8-23-9-7-21/h1-5,10,22H,6-9,11-12H2,(H,19,20). The highest BCUT2D eigenvalue weighted by molar-refractivity contribution is 5.40. The van der Waals surface area contributed by atoms with Gasteiger partial charge in [0, 0.05) is 31.7 Å². The normalized spacial score (nSPS) is 15.5. The Balaban J connectivity index is 1.62. The third-order valence-corrected chi connectivity index (χ3v) is 3.80. The van der Waals surface area contributed by atoms with Gasteiger partial charge in [0.2, 0.25) is 0 Å². The summed E-state index contributed by atoms with van der Waals surface area (Å²) in [7, 11) is 0. The van der Waals surface area contributed by atoms with E-state index in [-0.39, 0.29) is 11.6 Å². The van der Waals surface area contributed by atoms with E-state index in [1.807, 2.05) is 18.2 Å². The van der Waals surface area contributed by atoms with Gasteiger partial charge in [0.1, 0.15) is 17.4 Å². The Morgan fingerprint density at radius 1 is 1.22 bits per heavy atom. The summed E-state index contributed by atoms with van der Waals surface area (Å²) in [6.07, 6.45) is 0. The van der Waals surface area contributed by atoms with Gasteiger partial charge in [-0.05, 0) is 30.3 Å². The average Bonchev–Trinajstić information content (AvgIpc) is 2.57. The minimum absolute atomic E-state index is 0.0726. The zero-order chi connectivity index (χ0) is 16.1. The van der Waals surface area contributed by atoms with Crippen molar-refractivity contribution in [1.82, 2.24) is 9.88 Å². The number of hydrogen-bond acceptors (Lipinski definition) is 5. The Hall–Kier alpha value is -2.18.